The molecule has 0 N–H and O–H groups in total. The van der Waals surface area contributed by atoms with Crippen molar-refractivity contribution in [3.63, 3.8) is 0 Å². The lowest BCUT2D eigenvalue weighted by Crippen LogP contribution is -2.45. The summed E-state index contributed by atoms with van der Waals surface area (Å²) in [6.45, 7) is 3.34. The number of esters is 1. The van der Waals surface area contributed by atoms with Crippen LogP contribution in [0.15, 0.2) is 84.9 Å². The number of rotatable bonds is 5. The second-order valence-electron chi connectivity index (χ2n) is 9.55. The average Bonchev–Trinajstić information content (AvgIpc) is 3.39. The van der Waals surface area contributed by atoms with E-state index in [1.807, 2.05) is 11.0 Å². The van der Waals surface area contributed by atoms with Gasteiger partial charge in [-0.3, -0.25) is 9.69 Å². The van der Waals surface area contributed by atoms with Crippen molar-refractivity contribution in [1.82, 2.24) is 9.80 Å². The van der Waals surface area contributed by atoms with E-state index in [2.05, 4.69) is 59.5 Å². The van der Waals surface area contributed by atoms with Gasteiger partial charge < -0.3 is 9.64 Å². The van der Waals surface area contributed by atoms with E-state index in [-0.39, 0.29) is 17.9 Å². The molecule has 3 aromatic carbocycles. The minimum absolute atomic E-state index is 0.103. The maximum atomic E-state index is 13.6. The smallest absolute Gasteiger partial charge is 0.338 e. The molecule has 0 bridgehead atoms. The van der Waals surface area contributed by atoms with Crippen LogP contribution in [-0.4, -0.2) is 61.0 Å². The topological polar surface area (TPSA) is 49.9 Å². The van der Waals surface area contributed by atoms with Gasteiger partial charge in [-0.2, -0.15) is 0 Å². The lowest BCUT2D eigenvalue weighted by Gasteiger charge is -2.38. The molecule has 180 valence electrons. The van der Waals surface area contributed by atoms with Crippen molar-refractivity contribution >= 4 is 11.9 Å². The summed E-state index contributed by atoms with van der Waals surface area (Å²) in [7, 11) is 1.35. The highest BCUT2D eigenvalue weighted by Gasteiger charge is 2.41. The Kier molecular flexibility index (Phi) is 6.96. The minimum atomic E-state index is -0.479. The molecule has 0 saturated carbocycles. The minimum Gasteiger partial charge on any atom is -0.465 e. The van der Waals surface area contributed by atoms with E-state index in [9.17, 15) is 9.59 Å². The number of hydrogen-bond donors (Lipinski definition) is 0. The van der Waals surface area contributed by atoms with Gasteiger partial charge in [-0.05, 0) is 55.1 Å². The predicted octanol–water partition coefficient (Wildman–Crippen LogP) is 4.96. The molecule has 2 aliphatic rings. The molecule has 1 amide bonds. The van der Waals surface area contributed by atoms with Gasteiger partial charge in [0.2, 0.25) is 0 Å². The summed E-state index contributed by atoms with van der Waals surface area (Å²) in [6.07, 6.45) is 2.25. The SMILES string of the molecule is COC(=O)c1ccccc1C(=O)N1C[C@H](c2ccccc2)[C@@H](N2CCC(c3ccccc3)CC2)C1. The van der Waals surface area contributed by atoms with E-state index in [1.165, 1.54) is 18.2 Å². The number of methoxy groups -OCH3 is 1. The van der Waals surface area contributed by atoms with Crippen LogP contribution in [0.3, 0.4) is 0 Å². The molecule has 0 aliphatic carbocycles. The number of benzene rings is 3. The van der Waals surface area contributed by atoms with Gasteiger partial charge in [0.1, 0.15) is 0 Å². The Morgan fingerprint density at radius 3 is 1.94 bits per heavy atom. The van der Waals surface area contributed by atoms with E-state index in [4.69, 9.17) is 4.74 Å². The third kappa shape index (κ3) is 4.87. The third-order valence-electron chi connectivity index (χ3n) is 7.64. The van der Waals surface area contributed by atoms with Crippen LogP contribution in [0.5, 0.6) is 0 Å². The fourth-order valence-corrected chi connectivity index (χ4v) is 5.77. The fourth-order valence-electron chi connectivity index (χ4n) is 5.77. The van der Waals surface area contributed by atoms with Crippen LogP contribution in [0.2, 0.25) is 0 Å². The molecule has 2 atom stereocenters. The molecule has 2 aliphatic heterocycles. The zero-order valence-corrected chi connectivity index (χ0v) is 20.2. The Bertz CT molecular complexity index is 1160. The number of piperidine rings is 1. The molecule has 5 heteroatoms. The Morgan fingerprint density at radius 1 is 0.743 bits per heavy atom. The van der Waals surface area contributed by atoms with Gasteiger partial charge in [0.25, 0.3) is 5.91 Å². The molecule has 0 radical (unpaired) electrons. The average molecular weight is 469 g/mol. The van der Waals surface area contributed by atoms with Gasteiger partial charge in [0, 0.05) is 25.0 Å². The van der Waals surface area contributed by atoms with Crippen molar-refractivity contribution in [3.05, 3.63) is 107 Å². The van der Waals surface area contributed by atoms with Crippen molar-refractivity contribution < 1.29 is 14.3 Å². The van der Waals surface area contributed by atoms with Crippen LogP contribution >= 0.6 is 0 Å². The first kappa shape index (κ1) is 23.3. The third-order valence-corrected chi connectivity index (χ3v) is 7.64. The zero-order chi connectivity index (χ0) is 24.2. The molecule has 0 unspecified atom stereocenters. The van der Waals surface area contributed by atoms with E-state index in [1.54, 1.807) is 24.3 Å². The first-order valence-corrected chi connectivity index (χ1v) is 12.5. The molecular formula is C30H32N2O3. The highest BCUT2D eigenvalue weighted by molar-refractivity contribution is 6.05. The van der Waals surface area contributed by atoms with Crippen molar-refractivity contribution in [2.75, 3.05) is 33.3 Å². The van der Waals surface area contributed by atoms with Crippen molar-refractivity contribution in [2.24, 2.45) is 0 Å². The van der Waals surface area contributed by atoms with Crippen LogP contribution in [0, 0.1) is 0 Å². The maximum absolute atomic E-state index is 13.6. The predicted molar refractivity (Wildman–Crippen MR) is 137 cm³/mol. The molecule has 2 heterocycles. The van der Waals surface area contributed by atoms with Crippen LogP contribution in [0.4, 0.5) is 0 Å². The summed E-state index contributed by atoms with van der Waals surface area (Å²) in [5.74, 6) is 0.244. The number of nitrogens with zero attached hydrogens (tertiary/aromatic N) is 2. The Labute approximate surface area is 207 Å². The second kappa shape index (κ2) is 10.4. The molecular weight excluding hydrogens is 436 g/mol. The van der Waals surface area contributed by atoms with Gasteiger partial charge in [-0.1, -0.05) is 72.8 Å². The maximum Gasteiger partial charge on any atom is 0.338 e. The highest BCUT2D eigenvalue weighted by Crippen LogP contribution is 2.36. The standard InChI is InChI=1S/C30H32N2O3/c1-35-30(34)26-15-9-8-14-25(26)29(33)32-20-27(24-12-6-3-7-13-24)28(21-32)31-18-16-23(17-19-31)22-10-4-2-5-11-22/h2-15,23,27-28H,16-21H2,1H3/t27-,28+/m1/s1. The number of likely N-dealkylation sites (tertiary alicyclic amines) is 2. The number of hydrogen-bond acceptors (Lipinski definition) is 4. The summed E-state index contributed by atoms with van der Waals surface area (Å²) in [4.78, 5) is 30.4. The summed E-state index contributed by atoms with van der Waals surface area (Å²) in [5.41, 5.74) is 3.42. The molecule has 5 nitrogen and oxygen atoms in total. The molecule has 35 heavy (non-hydrogen) atoms. The molecule has 2 fully saturated rings. The summed E-state index contributed by atoms with van der Waals surface area (Å²) < 4.78 is 4.93. The lowest BCUT2D eigenvalue weighted by atomic mass is 9.87. The van der Waals surface area contributed by atoms with Gasteiger partial charge in [-0.25, -0.2) is 4.79 Å². The number of ether oxygens (including phenoxy) is 1. The largest absolute Gasteiger partial charge is 0.465 e. The van der Waals surface area contributed by atoms with Crippen molar-refractivity contribution in [1.29, 1.82) is 0 Å². The number of carbonyl (C=O) groups is 2. The van der Waals surface area contributed by atoms with Gasteiger partial charge in [0.15, 0.2) is 0 Å². The monoisotopic (exact) mass is 468 g/mol. The Balaban J connectivity index is 1.37. The Morgan fingerprint density at radius 2 is 1.31 bits per heavy atom. The lowest BCUT2D eigenvalue weighted by molar-refractivity contribution is 0.0591. The van der Waals surface area contributed by atoms with Crippen LogP contribution in [-0.2, 0) is 4.74 Å². The number of carbonyl (C=O) groups excluding carboxylic acids is 2. The van der Waals surface area contributed by atoms with Gasteiger partial charge >= 0.3 is 5.97 Å². The summed E-state index contributed by atoms with van der Waals surface area (Å²) in [6, 6.07) is 28.5. The van der Waals surface area contributed by atoms with E-state index < -0.39 is 5.97 Å². The second-order valence-corrected chi connectivity index (χ2v) is 9.55. The Hall–Kier alpha value is -3.44. The van der Waals surface area contributed by atoms with E-state index >= 15 is 0 Å². The molecule has 0 aromatic heterocycles. The summed E-state index contributed by atoms with van der Waals surface area (Å²) >= 11 is 0. The van der Waals surface area contributed by atoms with Crippen LogP contribution in [0.25, 0.3) is 0 Å². The number of amides is 1. The van der Waals surface area contributed by atoms with Gasteiger partial charge in [0.05, 0.1) is 18.2 Å². The first-order valence-electron chi connectivity index (χ1n) is 12.5. The van der Waals surface area contributed by atoms with Gasteiger partial charge in [-0.15, -0.1) is 0 Å². The first-order chi connectivity index (χ1) is 17.2. The molecule has 3 aromatic rings. The zero-order valence-electron chi connectivity index (χ0n) is 20.2. The normalized spacial score (nSPS) is 21.1. The van der Waals surface area contributed by atoms with Crippen molar-refractivity contribution in [3.8, 4) is 0 Å². The van der Waals surface area contributed by atoms with Crippen LogP contribution < -0.4 is 0 Å². The molecule has 2 saturated heterocycles. The highest BCUT2D eigenvalue weighted by atomic mass is 16.5. The van der Waals surface area contributed by atoms with Crippen molar-refractivity contribution in [2.45, 2.75) is 30.7 Å². The summed E-state index contributed by atoms with van der Waals surface area (Å²) in [5, 5.41) is 0. The molecule has 0 spiro atoms. The fraction of sp³-hybridized carbons (Fsp3) is 0.333. The van der Waals surface area contributed by atoms with E-state index in [0.29, 0.717) is 30.1 Å². The molecule has 5 rings (SSSR count). The van der Waals surface area contributed by atoms with Crippen LogP contribution in [0.1, 0.15) is 56.5 Å². The quantitative estimate of drug-likeness (QED) is 0.497. The van der Waals surface area contributed by atoms with E-state index in [0.717, 1.165) is 25.9 Å².